The number of halogens is 1. The number of rotatable bonds is 5. The maximum Gasteiger partial charge on any atom is 0.248 e. The highest BCUT2D eigenvalue weighted by Crippen LogP contribution is 2.31. The van der Waals surface area contributed by atoms with E-state index in [-0.39, 0.29) is 0 Å². The molecule has 1 aliphatic rings. The average molecular weight is 377 g/mol. The Morgan fingerprint density at radius 1 is 1.07 bits per heavy atom. The molecular weight excluding hydrogens is 356 g/mol. The molecule has 1 amide bonds. The van der Waals surface area contributed by atoms with Crippen molar-refractivity contribution in [3.63, 3.8) is 0 Å². The molecule has 136 valence electrons. The number of carbonyl (C=O) groups excluding carboxylic acids is 1. The monoisotopic (exact) mass is 376 g/mol. The molecule has 27 heavy (non-hydrogen) atoms. The molecule has 3 aromatic carbocycles. The lowest BCUT2D eigenvalue weighted by molar-refractivity contribution is 0.100. The number of amides is 1. The molecule has 4 rings (SSSR count). The molecule has 0 fully saturated rings. The fourth-order valence-corrected chi connectivity index (χ4v) is 4.00. The fourth-order valence-electron chi connectivity index (χ4n) is 3.71. The van der Waals surface area contributed by atoms with Gasteiger partial charge in [-0.05, 0) is 47.2 Å². The van der Waals surface area contributed by atoms with Gasteiger partial charge in [-0.1, -0.05) is 66.2 Å². The predicted octanol–water partition coefficient (Wildman–Crippen LogP) is 4.88. The van der Waals surface area contributed by atoms with Crippen molar-refractivity contribution < 1.29 is 4.79 Å². The van der Waals surface area contributed by atoms with Gasteiger partial charge in [0.2, 0.25) is 5.91 Å². The largest absolute Gasteiger partial charge is 0.366 e. The molecule has 0 bridgehead atoms. The van der Waals surface area contributed by atoms with Crippen LogP contribution >= 0.6 is 11.6 Å². The molecule has 3 N–H and O–H groups in total. The maximum atomic E-state index is 11.3. The van der Waals surface area contributed by atoms with E-state index in [1.807, 2.05) is 6.07 Å². The molecule has 3 nitrogen and oxygen atoms in total. The average Bonchev–Trinajstić information content (AvgIpc) is 3.10. The highest BCUT2D eigenvalue weighted by molar-refractivity contribution is 6.33. The number of aryl methyl sites for hydroxylation is 1. The van der Waals surface area contributed by atoms with Crippen molar-refractivity contribution in [2.45, 2.75) is 25.4 Å². The van der Waals surface area contributed by atoms with Crippen LogP contribution in [-0.2, 0) is 13.0 Å². The van der Waals surface area contributed by atoms with E-state index in [9.17, 15) is 4.79 Å². The van der Waals surface area contributed by atoms with Gasteiger partial charge < -0.3 is 11.1 Å². The minimum atomic E-state index is -0.474. The van der Waals surface area contributed by atoms with E-state index >= 15 is 0 Å². The molecule has 0 aromatic heterocycles. The number of carbonyl (C=O) groups is 1. The molecule has 0 saturated heterocycles. The number of hydrogen-bond acceptors (Lipinski definition) is 2. The third-order valence-corrected chi connectivity index (χ3v) is 5.52. The van der Waals surface area contributed by atoms with Gasteiger partial charge in [0.05, 0.1) is 0 Å². The first-order valence-electron chi connectivity index (χ1n) is 9.11. The Morgan fingerprint density at radius 3 is 2.59 bits per heavy atom. The summed E-state index contributed by atoms with van der Waals surface area (Å²) in [5, 5.41) is 4.19. The smallest absolute Gasteiger partial charge is 0.248 e. The van der Waals surface area contributed by atoms with Crippen LogP contribution in [0, 0.1) is 0 Å². The SMILES string of the molecule is NC(=O)c1ccc(-c2ccc(CN[C@H]3CCc4ccccc43)cc2)c(Cl)c1. The van der Waals surface area contributed by atoms with Gasteiger partial charge in [0.15, 0.2) is 0 Å². The molecule has 3 aromatic rings. The van der Waals surface area contributed by atoms with Crippen molar-refractivity contribution in [1.29, 1.82) is 0 Å². The van der Waals surface area contributed by atoms with Gasteiger partial charge in [-0.25, -0.2) is 0 Å². The first-order chi connectivity index (χ1) is 13.1. The van der Waals surface area contributed by atoms with Gasteiger partial charge in [-0.3, -0.25) is 4.79 Å². The molecule has 0 saturated carbocycles. The molecule has 1 aliphatic carbocycles. The Morgan fingerprint density at radius 2 is 1.85 bits per heavy atom. The van der Waals surface area contributed by atoms with Gasteiger partial charge in [0.25, 0.3) is 0 Å². The zero-order valence-corrected chi connectivity index (χ0v) is 15.7. The zero-order chi connectivity index (χ0) is 18.8. The minimum Gasteiger partial charge on any atom is -0.366 e. The summed E-state index contributed by atoms with van der Waals surface area (Å²) < 4.78 is 0. The van der Waals surface area contributed by atoms with Crippen LogP contribution in [0.3, 0.4) is 0 Å². The molecule has 0 radical (unpaired) electrons. The Labute approximate surface area is 164 Å². The molecular formula is C23H21ClN2O. The summed E-state index contributed by atoms with van der Waals surface area (Å²) in [7, 11) is 0. The van der Waals surface area contributed by atoms with Gasteiger partial charge in [0, 0.05) is 28.7 Å². The van der Waals surface area contributed by atoms with Crippen molar-refractivity contribution in [2.75, 3.05) is 0 Å². The lowest BCUT2D eigenvalue weighted by atomic mass is 10.0. The Bertz CT molecular complexity index is 982. The predicted molar refractivity (Wildman–Crippen MR) is 110 cm³/mol. The van der Waals surface area contributed by atoms with Crippen LogP contribution < -0.4 is 11.1 Å². The van der Waals surface area contributed by atoms with Crippen LogP contribution in [0.2, 0.25) is 5.02 Å². The fraction of sp³-hybridized carbons (Fsp3) is 0.174. The second kappa shape index (κ2) is 7.55. The van der Waals surface area contributed by atoms with Crippen LogP contribution in [0.15, 0.2) is 66.7 Å². The molecule has 4 heteroatoms. The van der Waals surface area contributed by atoms with Crippen molar-refractivity contribution in [2.24, 2.45) is 5.73 Å². The van der Waals surface area contributed by atoms with Crippen molar-refractivity contribution in [1.82, 2.24) is 5.32 Å². The minimum absolute atomic E-state index is 0.418. The standard InChI is InChI=1S/C23H21ClN2O/c24-21-13-18(23(25)27)9-11-19(21)17-7-5-15(6-8-17)14-26-22-12-10-16-3-1-2-4-20(16)22/h1-9,11,13,22,26H,10,12,14H2,(H2,25,27)/t22-/m0/s1. The number of nitrogens with two attached hydrogens (primary N) is 1. The summed E-state index contributed by atoms with van der Waals surface area (Å²) in [5.41, 5.74) is 11.7. The topological polar surface area (TPSA) is 55.1 Å². The lowest BCUT2D eigenvalue weighted by Gasteiger charge is -2.14. The molecule has 0 heterocycles. The third-order valence-electron chi connectivity index (χ3n) is 5.20. The normalized spacial score (nSPS) is 15.5. The van der Waals surface area contributed by atoms with Gasteiger partial charge in [0.1, 0.15) is 0 Å². The van der Waals surface area contributed by atoms with Gasteiger partial charge in [-0.15, -0.1) is 0 Å². The highest BCUT2D eigenvalue weighted by atomic mass is 35.5. The number of hydrogen-bond donors (Lipinski definition) is 2. The van der Waals surface area contributed by atoms with E-state index in [2.05, 4.69) is 53.8 Å². The molecule has 1 atom stereocenters. The highest BCUT2D eigenvalue weighted by Gasteiger charge is 2.20. The lowest BCUT2D eigenvalue weighted by Crippen LogP contribution is -2.18. The number of fused-ring (bicyclic) bond motifs is 1. The Kier molecular flexibility index (Phi) is 4.97. The molecule has 0 spiro atoms. The first kappa shape index (κ1) is 17.8. The number of nitrogens with one attached hydrogen (secondary N) is 1. The van der Waals surface area contributed by atoms with E-state index in [1.165, 1.54) is 16.7 Å². The second-order valence-electron chi connectivity index (χ2n) is 6.93. The van der Waals surface area contributed by atoms with E-state index in [1.54, 1.807) is 12.1 Å². The van der Waals surface area contributed by atoms with E-state index < -0.39 is 5.91 Å². The quantitative estimate of drug-likeness (QED) is 0.666. The molecule has 0 aliphatic heterocycles. The summed E-state index contributed by atoms with van der Waals surface area (Å²) in [4.78, 5) is 11.3. The summed E-state index contributed by atoms with van der Waals surface area (Å²) >= 11 is 6.32. The molecule has 0 unspecified atom stereocenters. The maximum absolute atomic E-state index is 11.3. The van der Waals surface area contributed by atoms with Gasteiger partial charge in [-0.2, -0.15) is 0 Å². The summed E-state index contributed by atoms with van der Waals surface area (Å²) in [6, 6.07) is 22.6. The van der Waals surface area contributed by atoms with Crippen LogP contribution in [0.1, 0.15) is 39.5 Å². The summed E-state index contributed by atoms with van der Waals surface area (Å²) in [6.45, 7) is 0.827. The second-order valence-corrected chi connectivity index (χ2v) is 7.33. The zero-order valence-electron chi connectivity index (χ0n) is 14.9. The Balaban J connectivity index is 1.45. The van der Waals surface area contributed by atoms with Crippen molar-refractivity contribution in [3.05, 3.63) is 94.0 Å². The van der Waals surface area contributed by atoms with Crippen molar-refractivity contribution >= 4 is 17.5 Å². The number of benzene rings is 3. The van der Waals surface area contributed by atoms with Crippen LogP contribution in [0.4, 0.5) is 0 Å². The first-order valence-corrected chi connectivity index (χ1v) is 9.49. The van der Waals surface area contributed by atoms with Crippen LogP contribution in [0.25, 0.3) is 11.1 Å². The van der Waals surface area contributed by atoms with E-state index in [0.717, 1.165) is 30.5 Å². The van der Waals surface area contributed by atoms with E-state index in [4.69, 9.17) is 17.3 Å². The van der Waals surface area contributed by atoms with E-state index in [0.29, 0.717) is 16.6 Å². The van der Waals surface area contributed by atoms with Crippen LogP contribution in [-0.4, -0.2) is 5.91 Å². The Hall–Kier alpha value is -2.62. The number of primary amides is 1. The summed E-state index contributed by atoms with van der Waals surface area (Å²) in [5.74, 6) is -0.474. The third kappa shape index (κ3) is 3.75. The summed E-state index contributed by atoms with van der Waals surface area (Å²) in [6.07, 6.45) is 2.30. The van der Waals surface area contributed by atoms with Crippen molar-refractivity contribution in [3.8, 4) is 11.1 Å². The van der Waals surface area contributed by atoms with Crippen LogP contribution in [0.5, 0.6) is 0 Å². The van der Waals surface area contributed by atoms with Gasteiger partial charge >= 0.3 is 0 Å².